The van der Waals surface area contributed by atoms with Crippen molar-refractivity contribution in [3.8, 4) is 5.75 Å². The van der Waals surface area contributed by atoms with Gasteiger partial charge in [-0.2, -0.15) is 0 Å². The van der Waals surface area contributed by atoms with Crippen molar-refractivity contribution in [1.29, 1.82) is 0 Å². The van der Waals surface area contributed by atoms with Crippen LogP contribution >= 0.6 is 11.3 Å². The summed E-state index contributed by atoms with van der Waals surface area (Å²) in [6, 6.07) is 10.1. The number of nitrogens with zero attached hydrogens (tertiary/aromatic N) is 1. The fraction of sp³-hybridized carbons (Fsp3) is 0.312. The van der Waals surface area contributed by atoms with E-state index in [1.54, 1.807) is 11.3 Å². The number of fused-ring (bicyclic) bond motifs is 1. The molecule has 0 aliphatic carbocycles. The summed E-state index contributed by atoms with van der Waals surface area (Å²) in [5.74, 6) is 1.90. The van der Waals surface area contributed by atoms with E-state index in [4.69, 9.17) is 4.74 Å². The molecule has 0 amide bonds. The topological polar surface area (TPSA) is 57.7 Å². The molecule has 114 valence electrons. The second-order valence-corrected chi connectivity index (χ2v) is 6.27. The maximum atomic E-state index is 6.13. The number of anilines is 1. The van der Waals surface area contributed by atoms with Crippen LogP contribution in [0, 0.1) is 0 Å². The van der Waals surface area contributed by atoms with Gasteiger partial charge in [-0.25, -0.2) is 0 Å². The summed E-state index contributed by atoms with van der Waals surface area (Å²) in [7, 11) is 0. The van der Waals surface area contributed by atoms with Crippen molar-refractivity contribution in [1.82, 2.24) is 10.6 Å². The number of hydrogen-bond acceptors (Lipinski definition) is 6. The molecule has 1 unspecified atom stereocenters. The monoisotopic (exact) mass is 314 g/mol. The Morgan fingerprint density at radius 1 is 1.27 bits per heavy atom. The van der Waals surface area contributed by atoms with Gasteiger partial charge in [-0.05, 0) is 36.5 Å². The van der Waals surface area contributed by atoms with E-state index in [1.807, 2.05) is 24.3 Å². The van der Waals surface area contributed by atoms with Gasteiger partial charge in [0.15, 0.2) is 0 Å². The van der Waals surface area contributed by atoms with Gasteiger partial charge in [0.25, 0.3) is 0 Å². The molecule has 2 aliphatic heterocycles. The van der Waals surface area contributed by atoms with Crippen LogP contribution < -0.4 is 30.6 Å². The van der Waals surface area contributed by atoms with E-state index in [1.165, 1.54) is 0 Å². The predicted octanol–water partition coefficient (Wildman–Crippen LogP) is 0.847. The summed E-state index contributed by atoms with van der Waals surface area (Å²) in [5, 5.41) is 13.2. The van der Waals surface area contributed by atoms with Crippen LogP contribution in [0.15, 0.2) is 40.7 Å². The quantitative estimate of drug-likeness (QED) is 0.783. The molecule has 0 radical (unpaired) electrons. The molecule has 2 aromatic rings. The van der Waals surface area contributed by atoms with E-state index in [0.29, 0.717) is 6.67 Å². The van der Waals surface area contributed by atoms with Gasteiger partial charge in [-0.3, -0.25) is 4.99 Å². The molecule has 0 saturated carbocycles. The summed E-state index contributed by atoms with van der Waals surface area (Å²) in [6.07, 6.45) is 1.30. The van der Waals surface area contributed by atoms with E-state index in [9.17, 15) is 0 Å². The molecule has 2 aliphatic rings. The van der Waals surface area contributed by atoms with E-state index < -0.39 is 0 Å². The second-order valence-electron chi connectivity index (χ2n) is 5.36. The van der Waals surface area contributed by atoms with Crippen molar-refractivity contribution >= 4 is 22.8 Å². The molecule has 1 atom stereocenters. The van der Waals surface area contributed by atoms with Gasteiger partial charge in [-0.1, -0.05) is 12.1 Å². The van der Waals surface area contributed by atoms with Crippen LogP contribution in [-0.2, 0) is 0 Å². The third-order valence-electron chi connectivity index (χ3n) is 3.83. The standard InChI is InChI=1S/C16H18N4OS/c1-2-4-14(21-11-5-7-17-9-11)12(3-1)20-16-15-13(6-8-22-15)18-10-19-16/h1-4,6,8,11,17,19-20H,5,7,9-10H2. The Morgan fingerprint density at radius 2 is 2.23 bits per heavy atom. The van der Waals surface area contributed by atoms with Crippen LogP contribution in [0.4, 0.5) is 5.69 Å². The zero-order valence-corrected chi connectivity index (χ0v) is 13.0. The van der Waals surface area contributed by atoms with E-state index in [2.05, 4.69) is 32.4 Å². The number of ether oxygens (including phenoxy) is 1. The fourth-order valence-electron chi connectivity index (χ4n) is 2.71. The first-order valence-electron chi connectivity index (χ1n) is 7.50. The minimum Gasteiger partial charge on any atom is -0.487 e. The molecule has 5 nitrogen and oxygen atoms in total. The first-order chi connectivity index (χ1) is 10.9. The smallest absolute Gasteiger partial charge is 0.143 e. The third-order valence-corrected chi connectivity index (χ3v) is 4.75. The highest BCUT2D eigenvalue weighted by atomic mass is 32.1. The maximum absolute atomic E-state index is 6.13. The Bertz CT molecular complexity index is 779. The average molecular weight is 314 g/mol. The molecule has 4 rings (SSSR count). The van der Waals surface area contributed by atoms with Gasteiger partial charge in [0.1, 0.15) is 24.3 Å². The SMILES string of the molecule is c1ccc(OC2CCNC2)c(NC2=c3sccc3=NCN2)c1. The Balaban J connectivity index is 1.64. The Kier molecular flexibility index (Phi) is 3.70. The largest absolute Gasteiger partial charge is 0.487 e. The molecule has 1 fully saturated rings. The molecular weight excluding hydrogens is 296 g/mol. The summed E-state index contributed by atoms with van der Waals surface area (Å²) in [5.41, 5.74) is 0.984. The molecule has 1 saturated heterocycles. The van der Waals surface area contributed by atoms with E-state index in [-0.39, 0.29) is 6.10 Å². The molecule has 6 heteroatoms. The molecule has 3 heterocycles. The second kappa shape index (κ2) is 5.98. The number of thiophene rings is 1. The van der Waals surface area contributed by atoms with Crippen molar-refractivity contribution < 1.29 is 4.74 Å². The molecular formula is C16H18N4OS. The van der Waals surface area contributed by atoms with Gasteiger partial charge in [-0.15, -0.1) is 11.3 Å². The minimum absolute atomic E-state index is 0.250. The lowest BCUT2D eigenvalue weighted by Gasteiger charge is -2.19. The highest BCUT2D eigenvalue weighted by Crippen LogP contribution is 2.27. The first-order valence-corrected chi connectivity index (χ1v) is 8.38. The predicted molar refractivity (Wildman–Crippen MR) is 88.5 cm³/mol. The van der Waals surface area contributed by atoms with Crippen LogP contribution in [0.3, 0.4) is 0 Å². The maximum Gasteiger partial charge on any atom is 0.143 e. The molecule has 3 N–H and O–H groups in total. The fourth-order valence-corrected chi connectivity index (χ4v) is 3.54. The van der Waals surface area contributed by atoms with Crippen LogP contribution in [0.2, 0.25) is 0 Å². The summed E-state index contributed by atoms with van der Waals surface area (Å²) in [4.78, 5) is 4.45. The number of rotatable bonds is 4. The summed E-state index contributed by atoms with van der Waals surface area (Å²) < 4.78 is 7.27. The van der Waals surface area contributed by atoms with Gasteiger partial charge >= 0.3 is 0 Å². The van der Waals surface area contributed by atoms with Crippen LogP contribution in [0.5, 0.6) is 5.75 Å². The molecule has 0 bridgehead atoms. The minimum atomic E-state index is 0.250. The lowest BCUT2D eigenvalue weighted by Crippen LogP contribution is -2.37. The normalized spacial score (nSPS) is 20.0. The van der Waals surface area contributed by atoms with Gasteiger partial charge in [0.2, 0.25) is 0 Å². The zero-order chi connectivity index (χ0) is 14.8. The van der Waals surface area contributed by atoms with Crippen molar-refractivity contribution in [2.45, 2.75) is 12.5 Å². The number of nitrogens with one attached hydrogen (secondary N) is 3. The number of benzene rings is 1. The van der Waals surface area contributed by atoms with E-state index >= 15 is 0 Å². The number of hydrogen-bond donors (Lipinski definition) is 3. The molecule has 0 spiro atoms. The van der Waals surface area contributed by atoms with E-state index in [0.717, 1.165) is 46.7 Å². The highest BCUT2D eigenvalue weighted by molar-refractivity contribution is 7.07. The Morgan fingerprint density at radius 3 is 3.14 bits per heavy atom. The first kappa shape index (κ1) is 13.6. The van der Waals surface area contributed by atoms with Crippen LogP contribution in [0.1, 0.15) is 6.42 Å². The number of para-hydroxylation sites is 2. The zero-order valence-electron chi connectivity index (χ0n) is 12.1. The average Bonchev–Trinajstić information content (AvgIpc) is 3.21. The molecule has 1 aromatic carbocycles. The summed E-state index contributed by atoms with van der Waals surface area (Å²) >= 11 is 1.68. The van der Waals surface area contributed by atoms with Gasteiger partial charge < -0.3 is 20.7 Å². The van der Waals surface area contributed by atoms with Crippen LogP contribution in [-0.4, -0.2) is 25.9 Å². The lowest BCUT2D eigenvalue weighted by molar-refractivity contribution is 0.224. The molecule has 1 aromatic heterocycles. The summed E-state index contributed by atoms with van der Waals surface area (Å²) in [6.45, 7) is 2.54. The van der Waals surface area contributed by atoms with Gasteiger partial charge in [0, 0.05) is 6.54 Å². The van der Waals surface area contributed by atoms with Crippen LogP contribution in [0.25, 0.3) is 5.82 Å². The van der Waals surface area contributed by atoms with Crippen molar-refractivity contribution in [3.05, 3.63) is 45.6 Å². The van der Waals surface area contributed by atoms with Gasteiger partial charge in [0.05, 0.1) is 15.6 Å². The molecule has 22 heavy (non-hydrogen) atoms. The third kappa shape index (κ3) is 2.67. The van der Waals surface area contributed by atoms with Crippen molar-refractivity contribution in [3.63, 3.8) is 0 Å². The Labute approximate surface area is 132 Å². The Hall–Kier alpha value is -2.05. The lowest BCUT2D eigenvalue weighted by atomic mass is 10.2. The van der Waals surface area contributed by atoms with Crippen molar-refractivity contribution in [2.75, 3.05) is 25.1 Å². The highest BCUT2D eigenvalue weighted by Gasteiger charge is 2.18. The van der Waals surface area contributed by atoms with Crippen molar-refractivity contribution in [2.24, 2.45) is 4.99 Å².